The fourth-order valence-corrected chi connectivity index (χ4v) is 5.40. The minimum Gasteiger partial charge on any atom is -0.462 e. The highest BCUT2D eigenvalue weighted by Crippen LogP contribution is 2.17. The summed E-state index contributed by atoms with van der Waals surface area (Å²) in [5.74, 6) is -3.53. The van der Waals surface area contributed by atoms with Crippen LogP contribution in [0.15, 0.2) is 114 Å². The Kier molecular flexibility index (Phi) is 9.94. The first-order valence-corrected chi connectivity index (χ1v) is 14.3. The maximum atomic E-state index is 14.3. The third kappa shape index (κ3) is 8.54. The van der Waals surface area contributed by atoms with Crippen LogP contribution in [0.5, 0.6) is 0 Å². The summed E-state index contributed by atoms with van der Waals surface area (Å²) in [6.07, 6.45) is 0.240. The number of rotatable bonds is 12. The zero-order chi connectivity index (χ0) is 29.2. The van der Waals surface area contributed by atoms with Gasteiger partial charge in [-0.05, 0) is 48.2 Å². The van der Waals surface area contributed by atoms with E-state index >= 15 is 0 Å². The van der Waals surface area contributed by atoms with E-state index in [2.05, 4.69) is 10.0 Å². The van der Waals surface area contributed by atoms with E-state index in [9.17, 15) is 26.8 Å². The first kappa shape index (κ1) is 29.6. The molecule has 2 N–H and O–H groups in total. The lowest BCUT2D eigenvalue weighted by Crippen LogP contribution is -2.46. The normalized spacial score (nSPS) is 12.7. The molecule has 0 unspecified atom stereocenters. The summed E-state index contributed by atoms with van der Waals surface area (Å²) in [6.45, 7) is -0.260. The maximum absolute atomic E-state index is 14.3. The van der Waals surface area contributed by atoms with Gasteiger partial charge in [-0.2, -0.15) is 4.72 Å². The van der Waals surface area contributed by atoms with Gasteiger partial charge in [0, 0.05) is 11.6 Å². The van der Waals surface area contributed by atoms with Crippen LogP contribution < -0.4 is 10.0 Å². The molecule has 212 valence electrons. The summed E-state index contributed by atoms with van der Waals surface area (Å²) in [6, 6.07) is 26.4. The lowest BCUT2D eigenvalue weighted by Gasteiger charge is -2.22. The summed E-state index contributed by atoms with van der Waals surface area (Å²) in [5, 5.41) is 2.87. The fourth-order valence-electron chi connectivity index (χ4n) is 4.16. The minimum absolute atomic E-state index is 0.0958. The van der Waals surface area contributed by atoms with E-state index in [0.29, 0.717) is 23.6 Å². The number of hydrogen-bond donors (Lipinski definition) is 2. The van der Waals surface area contributed by atoms with E-state index in [1.807, 2.05) is 30.3 Å². The second-order valence-electron chi connectivity index (χ2n) is 9.29. The van der Waals surface area contributed by atoms with E-state index in [0.717, 1.165) is 17.7 Å². The highest BCUT2D eigenvalue weighted by Gasteiger charge is 2.30. The Bertz CT molecular complexity index is 1570. The molecule has 4 aromatic rings. The Labute approximate surface area is 237 Å². The predicted octanol–water partition coefficient (Wildman–Crippen LogP) is 4.44. The van der Waals surface area contributed by atoms with Gasteiger partial charge in [-0.3, -0.25) is 9.59 Å². The number of hydrogen-bond acceptors (Lipinski definition) is 5. The largest absolute Gasteiger partial charge is 0.462 e. The van der Waals surface area contributed by atoms with Crippen LogP contribution in [-0.2, 0) is 32.4 Å². The van der Waals surface area contributed by atoms with Crippen LogP contribution in [-0.4, -0.2) is 39.0 Å². The van der Waals surface area contributed by atoms with Crippen molar-refractivity contribution >= 4 is 21.9 Å². The molecule has 0 aliphatic heterocycles. The Balaban J connectivity index is 1.53. The third-order valence-electron chi connectivity index (χ3n) is 6.17. The van der Waals surface area contributed by atoms with E-state index in [4.69, 9.17) is 4.74 Å². The van der Waals surface area contributed by atoms with Crippen LogP contribution in [0, 0.1) is 11.6 Å². The van der Waals surface area contributed by atoms with Crippen LogP contribution in [0.4, 0.5) is 8.78 Å². The topological polar surface area (TPSA) is 102 Å². The number of carbonyl (C=O) groups excluding carboxylic acids is 2. The quantitative estimate of drug-likeness (QED) is 0.242. The molecule has 41 heavy (non-hydrogen) atoms. The molecule has 0 aliphatic rings. The molecule has 4 rings (SSSR count). The number of sulfonamides is 1. The number of esters is 1. The standard InChI is InChI=1S/C31H28F2N2O5S/c32-25-16-17-29(27(33)20-25)41(38,39)35-28(19-23-12-6-2-7-13-23)31(37)40-21-26(18-22-10-4-1-5-11-22)34-30(36)24-14-8-3-9-15-24/h1-17,20,26,28,35H,18-19,21H2,(H,34,36)/t26-,28-/m0/s1. The lowest BCUT2D eigenvalue weighted by molar-refractivity contribution is -0.146. The fraction of sp³-hybridized carbons (Fsp3) is 0.161. The number of amides is 1. The predicted molar refractivity (Wildman–Crippen MR) is 149 cm³/mol. The molecule has 0 spiro atoms. The third-order valence-corrected chi connectivity index (χ3v) is 7.68. The Hall–Kier alpha value is -4.41. The molecule has 0 saturated heterocycles. The molecular formula is C31H28F2N2O5S. The molecule has 0 bridgehead atoms. The van der Waals surface area contributed by atoms with Crippen LogP contribution in [0.3, 0.4) is 0 Å². The molecule has 0 radical (unpaired) electrons. The molecule has 0 fully saturated rings. The van der Waals surface area contributed by atoms with Gasteiger partial charge in [0.1, 0.15) is 29.2 Å². The Morgan fingerprint density at radius 3 is 1.90 bits per heavy atom. The summed E-state index contributed by atoms with van der Waals surface area (Å²) in [5.41, 5.74) is 1.93. The van der Waals surface area contributed by atoms with Gasteiger partial charge < -0.3 is 10.1 Å². The van der Waals surface area contributed by atoms with Gasteiger partial charge in [0.2, 0.25) is 10.0 Å². The van der Waals surface area contributed by atoms with Crippen molar-refractivity contribution in [1.82, 2.24) is 10.0 Å². The SMILES string of the molecule is O=C(N[C@H](COC(=O)[C@H](Cc1ccccc1)NS(=O)(=O)c1ccc(F)cc1F)Cc1ccccc1)c1ccccc1. The van der Waals surface area contributed by atoms with Gasteiger partial charge in [-0.1, -0.05) is 78.9 Å². The van der Waals surface area contributed by atoms with Gasteiger partial charge >= 0.3 is 5.97 Å². The van der Waals surface area contributed by atoms with E-state index in [1.54, 1.807) is 60.7 Å². The minimum atomic E-state index is -4.58. The number of ether oxygens (including phenoxy) is 1. The zero-order valence-electron chi connectivity index (χ0n) is 21.9. The van der Waals surface area contributed by atoms with Gasteiger partial charge in [0.05, 0.1) is 6.04 Å². The molecule has 0 aliphatic carbocycles. The number of carbonyl (C=O) groups is 2. The van der Waals surface area contributed by atoms with Gasteiger partial charge in [-0.25, -0.2) is 17.2 Å². The van der Waals surface area contributed by atoms with Crippen molar-refractivity contribution < 1.29 is 31.5 Å². The average Bonchev–Trinajstić information content (AvgIpc) is 2.96. The van der Waals surface area contributed by atoms with Crippen LogP contribution in [0.25, 0.3) is 0 Å². The molecule has 0 heterocycles. The number of halogens is 2. The van der Waals surface area contributed by atoms with Crippen molar-refractivity contribution in [2.24, 2.45) is 0 Å². The first-order valence-electron chi connectivity index (χ1n) is 12.8. The summed E-state index contributed by atoms with van der Waals surface area (Å²) in [4.78, 5) is 25.3. The highest BCUT2D eigenvalue weighted by molar-refractivity contribution is 7.89. The monoisotopic (exact) mass is 578 g/mol. The molecular weight excluding hydrogens is 550 g/mol. The van der Waals surface area contributed by atoms with Crippen molar-refractivity contribution in [2.45, 2.75) is 29.8 Å². The van der Waals surface area contributed by atoms with Gasteiger partial charge in [0.15, 0.2) is 0 Å². The smallest absolute Gasteiger partial charge is 0.324 e. The van der Waals surface area contributed by atoms with Crippen molar-refractivity contribution in [3.63, 3.8) is 0 Å². The summed E-state index contributed by atoms with van der Waals surface area (Å²) >= 11 is 0. The first-order chi connectivity index (χ1) is 19.7. The van der Waals surface area contributed by atoms with Crippen molar-refractivity contribution in [2.75, 3.05) is 6.61 Å². The van der Waals surface area contributed by atoms with Gasteiger partial charge in [-0.15, -0.1) is 0 Å². The maximum Gasteiger partial charge on any atom is 0.324 e. The molecule has 4 aromatic carbocycles. The number of benzene rings is 4. The molecule has 10 heteroatoms. The summed E-state index contributed by atoms with van der Waals surface area (Å²) in [7, 11) is -4.58. The molecule has 2 atom stereocenters. The molecule has 0 aromatic heterocycles. The van der Waals surface area contributed by atoms with Crippen molar-refractivity contribution in [3.8, 4) is 0 Å². The highest BCUT2D eigenvalue weighted by atomic mass is 32.2. The van der Waals surface area contributed by atoms with Crippen molar-refractivity contribution in [3.05, 3.63) is 138 Å². The molecule has 7 nitrogen and oxygen atoms in total. The lowest BCUT2D eigenvalue weighted by atomic mass is 10.1. The Morgan fingerprint density at radius 2 is 1.32 bits per heavy atom. The second-order valence-corrected chi connectivity index (χ2v) is 11.0. The van der Waals surface area contributed by atoms with Crippen LogP contribution in [0.1, 0.15) is 21.5 Å². The van der Waals surface area contributed by atoms with Gasteiger partial charge in [0.25, 0.3) is 5.91 Å². The molecule has 1 amide bonds. The average molecular weight is 579 g/mol. The summed E-state index contributed by atoms with van der Waals surface area (Å²) < 4.78 is 61.5. The van der Waals surface area contributed by atoms with E-state index < -0.39 is 44.6 Å². The van der Waals surface area contributed by atoms with Crippen molar-refractivity contribution in [1.29, 1.82) is 0 Å². The second kappa shape index (κ2) is 13.8. The van der Waals surface area contributed by atoms with Crippen LogP contribution in [0.2, 0.25) is 0 Å². The molecule has 0 saturated carbocycles. The Morgan fingerprint density at radius 1 is 0.756 bits per heavy atom. The zero-order valence-corrected chi connectivity index (χ0v) is 22.7. The number of nitrogens with one attached hydrogen (secondary N) is 2. The van der Waals surface area contributed by atoms with E-state index in [-0.39, 0.29) is 18.9 Å². The van der Waals surface area contributed by atoms with E-state index in [1.165, 1.54) is 0 Å². The van der Waals surface area contributed by atoms with Crippen LogP contribution >= 0.6 is 0 Å².